The van der Waals surface area contributed by atoms with E-state index in [2.05, 4.69) is 10.1 Å². The number of carbonyl (C=O) groups is 2. The van der Waals surface area contributed by atoms with Crippen molar-refractivity contribution in [2.45, 2.75) is 31.6 Å². The first-order valence-corrected chi connectivity index (χ1v) is 11.4. The van der Waals surface area contributed by atoms with Gasteiger partial charge >= 0.3 is 5.97 Å². The standard InChI is InChI=1S/C22H26N2O6S/c1-14-7-8-17(13-15(14)2)31(28,29)24-11-9-16(10-12-24)21(26)23-19-6-4-5-18(20(19)25)22(27)30-3/h4-8,13,16,25H,9-12H2,1-3H3,(H,23,26). The van der Waals surface area contributed by atoms with Crippen LogP contribution in [0.4, 0.5) is 5.69 Å². The fourth-order valence-electron chi connectivity index (χ4n) is 3.54. The zero-order chi connectivity index (χ0) is 22.8. The average Bonchev–Trinajstić information content (AvgIpc) is 2.76. The first kappa shape index (κ1) is 22.8. The molecule has 166 valence electrons. The highest BCUT2D eigenvalue weighted by molar-refractivity contribution is 7.89. The maximum Gasteiger partial charge on any atom is 0.341 e. The van der Waals surface area contributed by atoms with E-state index in [1.54, 1.807) is 18.2 Å². The number of phenols is 1. The number of esters is 1. The maximum atomic E-state index is 12.9. The number of ether oxygens (including phenoxy) is 1. The van der Waals surface area contributed by atoms with E-state index in [4.69, 9.17) is 0 Å². The molecule has 0 aromatic heterocycles. The van der Waals surface area contributed by atoms with Crippen LogP contribution in [-0.4, -0.2) is 49.9 Å². The van der Waals surface area contributed by atoms with E-state index in [0.29, 0.717) is 12.8 Å². The van der Waals surface area contributed by atoms with Crippen molar-refractivity contribution in [3.05, 3.63) is 53.1 Å². The number of aromatic hydroxyl groups is 1. The van der Waals surface area contributed by atoms with Gasteiger partial charge in [-0.1, -0.05) is 12.1 Å². The third-order valence-electron chi connectivity index (χ3n) is 5.64. The van der Waals surface area contributed by atoms with E-state index in [9.17, 15) is 23.1 Å². The molecule has 0 radical (unpaired) electrons. The molecule has 0 unspecified atom stereocenters. The van der Waals surface area contributed by atoms with Crippen LogP contribution in [0.1, 0.15) is 34.3 Å². The molecule has 2 aromatic rings. The number of nitrogens with zero attached hydrogens (tertiary/aromatic N) is 1. The summed E-state index contributed by atoms with van der Waals surface area (Å²) < 4.78 is 31.9. The molecule has 1 heterocycles. The molecule has 2 N–H and O–H groups in total. The fourth-order valence-corrected chi connectivity index (χ4v) is 5.09. The van der Waals surface area contributed by atoms with Crippen LogP contribution in [-0.2, 0) is 19.6 Å². The van der Waals surface area contributed by atoms with Crippen LogP contribution in [0.5, 0.6) is 5.75 Å². The number of para-hydroxylation sites is 1. The van der Waals surface area contributed by atoms with Crippen molar-refractivity contribution >= 4 is 27.6 Å². The molecule has 0 saturated carbocycles. The van der Waals surface area contributed by atoms with E-state index < -0.39 is 21.9 Å². The molecule has 1 aliphatic rings. The molecule has 9 heteroatoms. The lowest BCUT2D eigenvalue weighted by Gasteiger charge is -2.30. The fraction of sp³-hybridized carbons (Fsp3) is 0.364. The van der Waals surface area contributed by atoms with Gasteiger partial charge in [0.15, 0.2) is 5.75 Å². The molecule has 8 nitrogen and oxygen atoms in total. The number of anilines is 1. The number of phenolic OH excluding ortho intramolecular Hbond substituents is 1. The van der Waals surface area contributed by atoms with Crippen LogP contribution < -0.4 is 5.32 Å². The minimum Gasteiger partial charge on any atom is -0.505 e. The number of nitrogens with one attached hydrogen (secondary N) is 1. The zero-order valence-electron chi connectivity index (χ0n) is 17.7. The van der Waals surface area contributed by atoms with Gasteiger partial charge in [0, 0.05) is 19.0 Å². The van der Waals surface area contributed by atoms with Crippen molar-refractivity contribution in [3.63, 3.8) is 0 Å². The highest BCUT2D eigenvalue weighted by atomic mass is 32.2. The molecule has 1 aliphatic heterocycles. The van der Waals surface area contributed by atoms with Crippen LogP contribution in [0.15, 0.2) is 41.3 Å². The molecule has 1 fully saturated rings. The molecule has 31 heavy (non-hydrogen) atoms. The summed E-state index contributed by atoms with van der Waals surface area (Å²) in [6.45, 7) is 4.24. The van der Waals surface area contributed by atoms with Crippen molar-refractivity contribution in [2.24, 2.45) is 5.92 Å². The molecule has 0 bridgehead atoms. The number of aryl methyl sites for hydroxylation is 2. The Bertz CT molecular complexity index is 1100. The number of rotatable bonds is 5. The summed E-state index contributed by atoms with van der Waals surface area (Å²) >= 11 is 0. The Morgan fingerprint density at radius 1 is 1.10 bits per heavy atom. The van der Waals surface area contributed by atoms with E-state index in [-0.39, 0.29) is 40.9 Å². The van der Waals surface area contributed by atoms with Gasteiger partial charge in [-0.25, -0.2) is 13.2 Å². The number of benzene rings is 2. The van der Waals surface area contributed by atoms with Crippen LogP contribution >= 0.6 is 0 Å². The Kier molecular flexibility index (Phi) is 6.66. The lowest BCUT2D eigenvalue weighted by atomic mass is 9.97. The van der Waals surface area contributed by atoms with Crippen molar-refractivity contribution in [1.29, 1.82) is 0 Å². The number of amides is 1. The van der Waals surface area contributed by atoms with Gasteiger partial charge in [-0.05, 0) is 62.1 Å². The molecule has 2 aromatic carbocycles. The summed E-state index contributed by atoms with van der Waals surface area (Å²) in [5.74, 6) is -1.82. The smallest absolute Gasteiger partial charge is 0.341 e. The minimum atomic E-state index is -3.62. The molecule has 1 saturated heterocycles. The summed E-state index contributed by atoms with van der Waals surface area (Å²) in [5, 5.41) is 12.9. The Morgan fingerprint density at radius 3 is 2.39 bits per heavy atom. The molecular formula is C22H26N2O6S. The number of piperidine rings is 1. The lowest BCUT2D eigenvalue weighted by molar-refractivity contribution is -0.120. The summed E-state index contributed by atoms with van der Waals surface area (Å²) in [6.07, 6.45) is 0.709. The van der Waals surface area contributed by atoms with Crippen molar-refractivity contribution in [2.75, 3.05) is 25.5 Å². The van der Waals surface area contributed by atoms with Crippen molar-refractivity contribution in [3.8, 4) is 5.75 Å². The Hall–Kier alpha value is -2.91. The second-order valence-corrected chi connectivity index (χ2v) is 9.54. The van der Waals surface area contributed by atoms with E-state index in [1.807, 2.05) is 13.8 Å². The molecule has 0 spiro atoms. The SMILES string of the molecule is COC(=O)c1cccc(NC(=O)C2CCN(S(=O)(=O)c3ccc(C)c(C)c3)CC2)c1O. The topological polar surface area (TPSA) is 113 Å². The van der Waals surface area contributed by atoms with Gasteiger partial charge in [-0.15, -0.1) is 0 Å². The second-order valence-electron chi connectivity index (χ2n) is 7.61. The van der Waals surface area contributed by atoms with Gasteiger partial charge < -0.3 is 15.2 Å². The van der Waals surface area contributed by atoms with Gasteiger partial charge in [0.1, 0.15) is 5.56 Å². The monoisotopic (exact) mass is 446 g/mol. The largest absolute Gasteiger partial charge is 0.505 e. The third-order valence-corrected chi connectivity index (χ3v) is 7.53. The molecule has 0 atom stereocenters. The first-order valence-electron chi connectivity index (χ1n) is 9.93. The van der Waals surface area contributed by atoms with Crippen LogP contribution in [0.3, 0.4) is 0 Å². The van der Waals surface area contributed by atoms with Crippen molar-refractivity contribution < 1.29 is 27.9 Å². The Labute approximate surface area is 181 Å². The highest BCUT2D eigenvalue weighted by Gasteiger charge is 2.32. The summed E-state index contributed by atoms with van der Waals surface area (Å²) in [6, 6.07) is 9.47. The van der Waals surface area contributed by atoms with Gasteiger partial charge in [-0.3, -0.25) is 4.79 Å². The number of sulfonamides is 1. The van der Waals surface area contributed by atoms with Gasteiger partial charge in [0.2, 0.25) is 15.9 Å². The zero-order valence-corrected chi connectivity index (χ0v) is 18.5. The molecule has 3 rings (SSSR count). The predicted molar refractivity (Wildman–Crippen MR) is 115 cm³/mol. The van der Waals surface area contributed by atoms with Crippen LogP contribution in [0, 0.1) is 19.8 Å². The van der Waals surface area contributed by atoms with Gasteiger partial charge in [0.05, 0.1) is 17.7 Å². The number of hydrogen-bond acceptors (Lipinski definition) is 6. The van der Waals surface area contributed by atoms with Crippen molar-refractivity contribution in [1.82, 2.24) is 4.31 Å². The van der Waals surface area contributed by atoms with E-state index in [1.165, 1.54) is 29.6 Å². The Balaban J connectivity index is 1.66. The predicted octanol–water partition coefficient (Wildman–Crippen LogP) is 2.84. The van der Waals surface area contributed by atoms with Crippen LogP contribution in [0.2, 0.25) is 0 Å². The number of hydrogen-bond donors (Lipinski definition) is 2. The third kappa shape index (κ3) is 4.72. The van der Waals surface area contributed by atoms with Gasteiger partial charge in [-0.2, -0.15) is 4.31 Å². The quantitative estimate of drug-likeness (QED) is 0.539. The normalized spacial score (nSPS) is 15.5. The molecular weight excluding hydrogens is 420 g/mol. The molecule has 0 aliphatic carbocycles. The number of methoxy groups -OCH3 is 1. The second kappa shape index (κ2) is 9.07. The van der Waals surface area contributed by atoms with Gasteiger partial charge in [0.25, 0.3) is 0 Å². The average molecular weight is 447 g/mol. The van der Waals surface area contributed by atoms with E-state index in [0.717, 1.165) is 11.1 Å². The summed E-state index contributed by atoms with van der Waals surface area (Å²) in [5.41, 5.74) is 1.99. The maximum absolute atomic E-state index is 12.9. The lowest BCUT2D eigenvalue weighted by Crippen LogP contribution is -2.41. The minimum absolute atomic E-state index is 0.0467. The molecule has 1 amide bonds. The van der Waals surface area contributed by atoms with E-state index >= 15 is 0 Å². The highest BCUT2D eigenvalue weighted by Crippen LogP contribution is 2.30. The number of carbonyl (C=O) groups excluding carboxylic acids is 2. The Morgan fingerprint density at radius 2 is 1.77 bits per heavy atom. The first-order chi connectivity index (χ1) is 14.6. The summed E-state index contributed by atoms with van der Waals surface area (Å²) in [7, 11) is -2.42. The summed E-state index contributed by atoms with van der Waals surface area (Å²) in [4.78, 5) is 24.6. The van der Waals surface area contributed by atoms with Crippen LogP contribution in [0.25, 0.3) is 0 Å².